The number of rotatable bonds is 5. The number of hydrogen-bond acceptors (Lipinski definition) is 4. The maximum absolute atomic E-state index is 13.4. The lowest BCUT2D eigenvalue weighted by Gasteiger charge is -2.51. The zero-order valence-corrected chi connectivity index (χ0v) is 20.4. The standard InChI is InChI=1S/C30H29F2NO4/c31-28(32)37-22-10-5-7-19(15-22)30(35)16-20-8-6-9-21(17-30)33(20)29(34)36-18-27-25-13-3-1-11-23(25)24-12-2-4-14-26(24)27/h1-5,7,10-15,20-21,27-28,35H,6,8-9,16-18H2. The van der Waals surface area contributed by atoms with Crippen LogP contribution in [0.2, 0.25) is 0 Å². The van der Waals surface area contributed by atoms with Crippen LogP contribution in [0.1, 0.15) is 54.7 Å². The third-order valence-electron chi connectivity index (χ3n) is 8.15. The van der Waals surface area contributed by atoms with E-state index in [2.05, 4.69) is 29.0 Å². The average molecular weight is 506 g/mol. The molecule has 3 aliphatic rings. The average Bonchev–Trinajstić information content (AvgIpc) is 3.20. The lowest BCUT2D eigenvalue weighted by molar-refractivity contribution is -0.0897. The highest BCUT2D eigenvalue weighted by molar-refractivity contribution is 5.79. The van der Waals surface area contributed by atoms with E-state index in [4.69, 9.17) is 4.74 Å². The number of benzene rings is 3. The van der Waals surface area contributed by atoms with Gasteiger partial charge in [0.1, 0.15) is 12.4 Å². The van der Waals surface area contributed by atoms with Crippen molar-refractivity contribution in [1.82, 2.24) is 4.90 Å². The second-order valence-electron chi connectivity index (χ2n) is 10.3. The van der Waals surface area contributed by atoms with Crippen molar-refractivity contribution in [2.45, 2.75) is 62.3 Å². The van der Waals surface area contributed by atoms with Crippen molar-refractivity contribution in [2.75, 3.05) is 6.61 Å². The highest BCUT2D eigenvalue weighted by atomic mass is 19.3. The molecule has 1 N–H and O–H groups in total. The first kappa shape index (κ1) is 23.9. The summed E-state index contributed by atoms with van der Waals surface area (Å²) >= 11 is 0. The Balaban J connectivity index is 1.19. The van der Waals surface area contributed by atoms with E-state index in [1.165, 1.54) is 23.3 Å². The lowest BCUT2D eigenvalue weighted by Crippen LogP contribution is -2.59. The number of aliphatic hydroxyl groups is 1. The van der Waals surface area contributed by atoms with Crippen molar-refractivity contribution < 1.29 is 28.2 Å². The molecule has 2 heterocycles. The molecule has 0 aromatic heterocycles. The number of halogens is 2. The van der Waals surface area contributed by atoms with Crippen LogP contribution in [0.25, 0.3) is 11.1 Å². The van der Waals surface area contributed by atoms with Crippen LogP contribution in [0.5, 0.6) is 5.75 Å². The number of alkyl halides is 2. The molecule has 3 aromatic carbocycles. The van der Waals surface area contributed by atoms with Gasteiger partial charge < -0.3 is 19.5 Å². The van der Waals surface area contributed by atoms with Crippen LogP contribution in [0.15, 0.2) is 72.8 Å². The normalized spacial score (nSPS) is 24.5. The van der Waals surface area contributed by atoms with Gasteiger partial charge in [-0.25, -0.2) is 4.79 Å². The fourth-order valence-electron chi connectivity index (χ4n) is 6.59. The first-order chi connectivity index (χ1) is 17.9. The number of fused-ring (bicyclic) bond motifs is 5. The Morgan fingerprint density at radius 1 is 0.946 bits per heavy atom. The number of hydrogen-bond donors (Lipinski definition) is 1. The summed E-state index contributed by atoms with van der Waals surface area (Å²) in [5.74, 6) is 0.000498. The highest BCUT2D eigenvalue weighted by Gasteiger charge is 2.49. The Kier molecular flexibility index (Phi) is 6.11. The van der Waals surface area contributed by atoms with Crippen LogP contribution >= 0.6 is 0 Å². The van der Waals surface area contributed by atoms with Gasteiger partial charge in [-0.2, -0.15) is 8.78 Å². The van der Waals surface area contributed by atoms with Crippen LogP contribution in [-0.4, -0.2) is 41.4 Å². The van der Waals surface area contributed by atoms with E-state index in [0.29, 0.717) is 18.4 Å². The highest BCUT2D eigenvalue weighted by Crippen LogP contribution is 2.47. The number of nitrogens with zero attached hydrogens (tertiary/aromatic N) is 1. The minimum absolute atomic E-state index is 0.0181. The van der Waals surface area contributed by atoms with Gasteiger partial charge in [-0.15, -0.1) is 0 Å². The number of carbonyl (C=O) groups is 1. The Labute approximate surface area is 214 Å². The summed E-state index contributed by atoms with van der Waals surface area (Å²) in [6.07, 6.45) is 2.78. The Morgan fingerprint density at radius 3 is 2.19 bits per heavy atom. The summed E-state index contributed by atoms with van der Waals surface area (Å²) in [6.45, 7) is -2.68. The fourth-order valence-corrected chi connectivity index (χ4v) is 6.59. The van der Waals surface area contributed by atoms with Crippen molar-refractivity contribution in [1.29, 1.82) is 0 Å². The predicted molar refractivity (Wildman–Crippen MR) is 135 cm³/mol. The molecular formula is C30H29F2NO4. The molecule has 2 unspecified atom stereocenters. The molecule has 5 nitrogen and oxygen atoms in total. The molecule has 2 atom stereocenters. The van der Waals surface area contributed by atoms with Crippen molar-refractivity contribution in [3.05, 3.63) is 89.5 Å². The van der Waals surface area contributed by atoms with Crippen LogP contribution in [0.3, 0.4) is 0 Å². The molecule has 0 saturated carbocycles. The second kappa shape index (κ2) is 9.45. The van der Waals surface area contributed by atoms with Gasteiger partial charge in [0.25, 0.3) is 0 Å². The Morgan fingerprint density at radius 2 is 1.57 bits per heavy atom. The van der Waals surface area contributed by atoms with Crippen molar-refractivity contribution in [3.8, 4) is 16.9 Å². The lowest BCUT2D eigenvalue weighted by atomic mass is 9.72. The third kappa shape index (κ3) is 4.35. The molecule has 3 aromatic rings. The zero-order valence-electron chi connectivity index (χ0n) is 20.4. The Bertz CT molecular complexity index is 1250. The molecule has 2 bridgehead atoms. The first-order valence-corrected chi connectivity index (χ1v) is 12.8. The summed E-state index contributed by atoms with van der Waals surface area (Å²) in [5, 5.41) is 11.6. The minimum Gasteiger partial charge on any atom is -0.448 e. The first-order valence-electron chi connectivity index (χ1n) is 12.8. The SMILES string of the molecule is O=C(OCC1c2ccccc2-c2ccccc21)N1C2CCCC1CC(O)(c1cccc(OC(F)F)c1)C2. The smallest absolute Gasteiger partial charge is 0.410 e. The monoisotopic (exact) mass is 505 g/mol. The van der Waals surface area contributed by atoms with Crippen LogP contribution in [0, 0.1) is 0 Å². The predicted octanol–water partition coefficient (Wildman–Crippen LogP) is 6.44. The van der Waals surface area contributed by atoms with Gasteiger partial charge in [0.2, 0.25) is 0 Å². The molecule has 0 spiro atoms. The van der Waals surface area contributed by atoms with E-state index in [1.807, 2.05) is 29.2 Å². The summed E-state index contributed by atoms with van der Waals surface area (Å²) < 4.78 is 35.9. The number of carbonyl (C=O) groups excluding carboxylic acids is 1. The van der Waals surface area contributed by atoms with Gasteiger partial charge in [-0.3, -0.25) is 0 Å². The van der Waals surface area contributed by atoms with E-state index in [9.17, 15) is 18.7 Å². The summed E-state index contributed by atoms with van der Waals surface area (Å²) in [7, 11) is 0. The maximum atomic E-state index is 13.4. The largest absolute Gasteiger partial charge is 0.448 e. The molecule has 1 amide bonds. The van der Waals surface area contributed by atoms with Crippen LogP contribution < -0.4 is 4.74 Å². The molecule has 192 valence electrons. The molecule has 0 radical (unpaired) electrons. The number of piperidine rings is 2. The minimum atomic E-state index is -2.93. The summed E-state index contributed by atoms with van der Waals surface area (Å²) in [4.78, 5) is 15.2. The molecular weight excluding hydrogens is 476 g/mol. The molecule has 6 rings (SSSR count). The Hall–Kier alpha value is -3.45. The van der Waals surface area contributed by atoms with Crippen molar-refractivity contribution in [2.24, 2.45) is 0 Å². The van der Waals surface area contributed by atoms with E-state index in [0.717, 1.165) is 30.4 Å². The molecule has 37 heavy (non-hydrogen) atoms. The fraction of sp³-hybridized carbons (Fsp3) is 0.367. The number of amides is 1. The topological polar surface area (TPSA) is 59.0 Å². The molecule has 1 aliphatic carbocycles. The van der Waals surface area contributed by atoms with Gasteiger partial charge in [0, 0.05) is 30.8 Å². The maximum Gasteiger partial charge on any atom is 0.410 e. The molecule has 7 heteroatoms. The second-order valence-corrected chi connectivity index (χ2v) is 10.3. The van der Waals surface area contributed by atoms with Crippen molar-refractivity contribution >= 4 is 6.09 Å². The van der Waals surface area contributed by atoms with Gasteiger partial charge in [-0.1, -0.05) is 60.7 Å². The van der Waals surface area contributed by atoms with Gasteiger partial charge in [-0.05, 0) is 59.2 Å². The van der Waals surface area contributed by atoms with E-state index < -0.39 is 12.2 Å². The van der Waals surface area contributed by atoms with Crippen LogP contribution in [0.4, 0.5) is 13.6 Å². The van der Waals surface area contributed by atoms with E-state index >= 15 is 0 Å². The molecule has 2 fully saturated rings. The van der Waals surface area contributed by atoms with E-state index in [-0.39, 0.29) is 36.5 Å². The van der Waals surface area contributed by atoms with Crippen LogP contribution in [-0.2, 0) is 10.3 Å². The molecule has 2 saturated heterocycles. The molecule has 2 aliphatic heterocycles. The van der Waals surface area contributed by atoms with Crippen molar-refractivity contribution in [3.63, 3.8) is 0 Å². The summed E-state index contributed by atoms with van der Waals surface area (Å²) in [5.41, 5.74) is 3.99. The van der Waals surface area contributed by atoms with Gasteiger partial charge in [0.15, 0.2) is 0 Å². The zero-order chi connectivity index (χ0) is 25.6. The quantitative estimate of drug-likeness (QED) is 0.434. The van der Waals surface area contributed by atoms with E-state index in [1.54, 1.807) is 12.1 Å². The van der Waals surface area contributed by atoms with Gasteiger partial charge in [0.05, 0.1) is 5.60 Å². The third-order valence-corrected chi connectivity index (χ3v) is 8.15. The van der Waals surface area contributed by atoms with Gasteiger partial charge >= 0.3 is 12.7 Å². The number of ether oxygens (including phenoxy) is 2. The summed E-state index contributed by atoms with van der Waals surface area (Å²) in [6, 6.07) is 22.4.